The van der Waals surface area contributed by atoms with Crippen LogP contribution in [0, 0.1) is 3.57 Å². The number of hydrogen-bond acceptors (Lipinski definition) is 3. The van der Waals surface area contributed by atoms with Crippen LogP contribution in [0.5, 0.6) is 0 Å². The first-order valence-corrected chi connectivity index (χ1v) is 6.20. The quantitative estimate of drug-likeness (QED) is 0.640. The highest BCUT2D eigenvalue weighted by atomic mass is 127. The molecule has 0 aliphatic carbocycles. The van der Waals surface area contributed by atoms with Crippen LogP contribution < -0.4 is 33.2 Å². The lowest BCUT2D eigenvalue weighted by Crippen LogP contribution is -3.34. The van der Waals surface area contributed by atoms with E-state index < -0.39 is 0 Å². The Kier molecular flexibility index (Phi) is 3.58. The fourth-order valence-electron chi connectivity index (χ4n) is 1.26. The first-order chi connectivity index (χ1) is 7.16. The summed E-state index contributed by atoms with van der Waals surface area (Å²) in [7, 11) is 0. The van der Waals surface area contributed by atoms with Crippen molar-refractivity contribution >= 4 is 34.8 Å². The number of benzene rings is 1. The number of anilines is 1. The molecule has 15 heavy (non-hydrogen) atoms. The van der Waals surface area contributed by atoms with Crippen LogP contribution in [0.15, 0.2) is 17.1 Å². The van der Waals surface area contributed by atoms with Gasteiger partial charge in [-0.05, 0) is 0 Å². The van der Waals surface area contributed by atoms with Crippen LogP contribution in [0.2, 0.25) is 10.0 Å². The largest absolute Gasteiger partial charge is 0.758 e. The van der Waals surface area contributed by atoms with Crippen LogP contribution in [-0.4, -0.2) is 19.0 Å². The lowest BCUT2D eigenvalue weighted by molar-refractivity contribution is -0.328. The molecule has 1 aliphatic heterocycles. The first-order valence-electron chi connectivity index (χ1n) is 4.37. The monoisotopic (exact) mass is 355 g/mol. The fraction of sp³-hybridized carbons (Fsp3) is 0.222. The van der Waals surface area contributed by atoms with Gasteiger partial charge in [0, 0.05) is 6.54 Å². The molecule has 0 amide bonds. The van der Waals surface area contributed by atoms with Gasteiger partial charge in [0.1, 0.15) is 0 Å². The molecule has 81 valence electrons. The van der Waals surface area contributed by atoms with Gasteiger partial charge in [0.25, 0.3) is 0 Å². The number of guanidine groups is 1. The highest BCUT2D eigenvalue weighted by Gasteiger charge is 2.10. The van der Waals surface area contributed by atoms with E-state index in [1.807, 2.05) is 12.1 Å². The summed E-state index contributed by atoms with van der Waals surface area (Å²) in [6.07, 6.45) is 0. The van der Waals surface area contributed by atoms with Crippen molar-refractivity contribution in [3.05, 3.63) is 25.7 Å². The van der Waals surface area contributed by atoms with Crippen molar-refractivity contribution in [2.24, 2.45) is 4.99 Å². The Labute approximate surface area is 111 Å². The van der Waals surface area contributed by atoms with Crippen molar-refractivity contribution in [2.45, 2.75) is 0 Å². The standard InChI is InChI=1S/C9H8Cl2IN3/c10-6-3-5(12)4-7(11)8(6)15-9-13-1-2-14-9/h3-4H,1-2H2,(H2,13,14,15)/q-1. The number of halogens is 3. The predicted octanol–water partition coefficient (Wildman–Crippen LogP) is -0.913. The maximum absolute atomic E-state index is 6.08. The van der Waals surface area contributed by atoms with E-state index in [0.717, 1.165) is 22.6 Å². The summed E-state index contributed by atoms with van der Waals surface area (Å²) in [5.41, 5.74) is 0.701. The van der Waals surface area contributed by atoms with Gasteiger partial charge in [0.2, 0.25) is 0 Å². The maximum Gasteiger partial charge on any atom is 0.196 e. The molecule has 3 nitrogen and oxygen atoms in total. The van der Waals surface area contributed by atoms with Gasteiger partial charge in [-0.3, -0.25) is 4.99 Å². The third-order valence-electron chi connectivity index (χ3n) is 1.92. The van der Waals surface area contributed by atoms with Crippen molar-refractivity contribution in [2.75, 3.05) is 18.4 Å². The molecule has 1 aliphatic rings. The summed E-state index contributed by atoms with van der Waals surface area (Å²) >= 11 is 14.3. The molecule has 1 aromatic carbocycles. The highest BCUT2D eigenvalue weighted by molar-refractivity contribution is 6.39. The Morgan fingerprint density at radius 2 is 2.00 bits per heavy atom. The zero-order valence-electron chi connectivity index (χ0n) is 7.65. The maximum atomic E-state index is 6.08. The van der Waals surface area contributed by atoms with Gasteiger partial charge in [-0.25, -0.2) is 0 Å². The minimum atomic E-state index is 0.600. The molecule has 0 saturated carbocycles. The molecule has 0 fully saturated rings. The van der Waals surface area contributed by atoms with Crippen LogP contribution in [0.1, 0.15) is 0 Å². The zero-order chi connectivity index (χ0) is 10.8. The van der Waals surface area contributed by atoms with E-state index >= 15 is 0 Å². The van der Waals surface area contributed by atoms with Gasteiger partial charge in [0.15, 0.2) is 5.96 Å². The van der Waals surface area contributed by atoms with E-state index in [1.165, 1.54) is 0 Å². The second kappa shape index (κ2) is 4.76. The molecule has 0 saturated heterocycles. The SMILES string of the molecule is Clc1cc([I-])cc(Cl)c1NC1=NCCN1. The molecular formula is C9H8Cl2IN3-. The molecule has 1 heterocycles. The van der Waals surface area contributed by atoms with Crippen LogP contribution in [0.3, 0.4) is 0 Å². The third-order valence-corrected chi connectivity index (χ3v) is 3.14. The van der Waals surface area contributed by atoms with Crippen LogP contribution in [0.25, 0.3) is 0 Å². The van der Waals surface area contributed by atoms with E-state index in [9.17, 15) is 0 Å². The lowest BCUT2D eigenvalue weighted by atomic mass is 10.3. The van der Waals surface area contributed by atoms with Crippen LogP contribution in [-0.2, 0) is 0 Å². The average Bonchev–Trinajstić information content (AvgIpc) is 2.63. The Morgan fingerprint density at radius 1 is 1.33 bits per heavy atom. The normalized spacial score (nSPS) is 14.7. The lowest BCUT2D eigenvalue weighted by Gasteiger charge is -2.14. The molecule has 1 aromatic rings. The molecule has 0 spiro atoms. The molecule has 2 N–H and O–H groups in total. The number of rotatable bonds is 1. The molecule has 0 atom stereocenters. The van der Waals surface area contributed by atoms with Gasteiger partial charge in [0.05, 0.1) is 22.3 Å². The molecule has 0 bridgehead atoms. The second-order valence-corrected chi connectivity index (χ2v) is 5.09. The summed E-state index contributed by atoms with van der Waals surface area (Å²) in [6.45, 7) is 1.63. The number of aliphatic imine (C=N–C) groups is 1. The minimum absolute atomic E-state index is 0.600. The smallest absolute Gasteiger partial charge is 0.196 e. The van der Waals surface area contributed by atoms with Gasteiger partial charge >= 0.3 is 0 Å². The number of nitrogens with one attached hydrogen (secondary N) is 2. The highest BCUT2D eigenvalue weighted by Crippen LogP contribution is 2.29. The van der Waals surface area contributed by atoms with Crippen molar-refractivity contribution in [1.29, 1.82) is 0 Å². The van der Waals surface area contributed by atoms with Gasteiger partial charge in [-0.15, -0.1) is 0 Å². The van der Waals surface area contributed by atoms with Crippen LogP contribution >= 0.6 is 23.2 Å². The zero-order valence-corrected chi connectivity index (χ0v) is 11.3. The molecule has 1 radical (unpaired) electrons. The molecule has 2 rings (SSSR count). The van der Waals surface area contributed by atoms with Crippen molar-refractivity contribution < 1.29 is 22.6 Å². The predicted molar refractivity (Wildman–Crippen MR) is 59.1 cm³/mol. The summed E-state index contributed by atoms with van der Waals surface area (Å²) < 4.78 is 1.01. The molecule has 0 unspecified atom stereocenters. The summed E-state index contributed by atoms with van der Waals surface area (Å²) in [6, 6.07) is 3.71. The summed E-state index contributed by atoms with van der Waals surface area (Å²) in [5.74, 6) is 0.722. The second-order valence-electron chi connectivity index (χ2n) is 3.03. The molecular weight excluding hydrogens is 348 g/mol. The Hall–Kier alpha value is -0.200. The van der Waals surface area contributed by atoms with E-state index in [-0.39, 0.29) is 0 Å². The molecule has 0 aromatic heterocycles. The number of hydrogen-bond donors (Lipinski definition) is 2. The van der Waals surface area contributed by atoms with Crippen molar-refractivity contribution in [3.63, 3.8) is 0 Å². The van der Waals surface area contributed by atoms with Crippen molar-refractivity contribution in [3.8, 4) is 0 Å². The van der Waals surface area contributed by atoms with Gasteiger partial charge < -0.3 is 33.2 Å². The Bertz CT molecular complexity index is 397. The summed E-state index contributed by atoms with van der Waals surface area (Å²) in [4.78, 5) is 4.21. The topological polar surface area (TPSA) is 36.4 Å². The third kappa shape index (κ3) is 2.68. The van der Waals surface area contributed by atoms with Gasteiger partial charge in [-0.2, -0.15) is 3.57 Å². The fourth-order valence-corrected chi connectivity index (χ4v) is 2.83. The molecule has 6 heteroatoms. The minimum Gasteiger partial charge on any atom is -0.758 e. The van der Waals surface area contributed by atoms with Gasteiger partial charge in [-0.1, -0.05) is 35.3 Å². The van der Waals surface area contributed by atoms with E-state index in [0.29, 0.717) is 15.7 Å². The van der Waals surface area contributed by atoms with E-state index in [4.69, 9.17) is 23.2 Å². The Morgan fingerprint density at radius 3 is 2.53 bits per heavy atom. The van der Waals surface area contributed by atoms with Crippen LogP contribution in [0.4, 0.5) is 5.69 Å². The Balaban J connectivity index is 2.27. The first kappa shape index (κ1) is 11.3. The summed E-state index contributed by atoms with van der Waals surface area (Å²) in [5, 5.41) is 7.37. The van der Waals surface area contributed by atoms with E-state index in [1.54, 1.807) is 0 Å². The van der Waals surface area contributed by atoms with Crippen molar-refractivity contribution in [1.82, 2.24) is 5.32 Å². The number of nitrogens with zero attached hydrogens (tertiary/aromatic N) is 1. The van der Waals surface area contributed by atoms with E-state index in [2.05, 4.69) is 38.2 Å². The average molecular weight is 356 g/mol.